The molecule has 0 unspecified atom stereocenters. The highest BCUT2D eigenvalue weighted by Gasteiger charge is 2.23. The Kier molecular flexibility index (Phi) is 5.84. The highest BCUT2D eigenvalue weighted by Crippen LogP contribution is 2.32. The zero-order chi connectivity index (χ0) is 16.8. The average molecular weight is 320 g/mol. The smallest absolute Gasteiger partial charge is 0.313 e. The summed E-state index contributed by atoms with van der Waals surface area (Å²) in [6, 6.07) is 3.44. The molecule has 1 aliphatic rings. The zero-order valence-corrected chi connectivity index (χ0v) is 14.0. The van der Waals surface area contributed by atoms with Gasteiger partial charge in [-0.15, -0.1) is 0 Å². The molecule has 2 rings (SSSR count). The molecule has 6 nitrogen and oxygen atoms in total. The van der Waals surface area contributed by atoms with Gasteiger partial charge in [-0.25, -0.2) is 0 Å². The van der Waals surface area contributed by atoms with Crippen molar-refractivity contribution in [3.63, 3.8) is 0 Å². The van der Waals surface area contributed by atoms with Gasteiger partial charge in [-0.3, -0.25) is 9.59 Å². The highest BCUT2D eigenvalue weighted by atomic mass is 16.5. The van der Waals surface area contributed by atoms with Crippen LogP contribution in [-0.2, 0) is 9.59 Å². The number of anilines is 1. The lowest BCUT2D eigenvalue weighted by Crippen LogP contribution is -2.40. The van der Waals surface area contributed by atoms with E-state index in [1.165, 1.54) is 7.11 Å². The van der Waals surface area contributed by atoms with Crippen molar-refractivity contribution in [2.45, 2.75) is 32.6 Å². The number of carbonyl (C=O) groups excluding carboxylic acids is 2. The minimum Gasteiger partial charge on any atom is -0.493 e. The Morgan fingerprint density at radius 3 is 2.13 bits per heavy atom. The maximum atomic E-state index is 12.3. The zero-order valence-electron chi connectivity index (χ0n) is 14.0. The van der Waals surface area contributed by atoms with Gasteiger partial charge in [-0.1, -0.05) is 12.8 Å². The Hall–Kier alpha value is -2.24. The number of nitrogens with one attached hydrogen (secondary N) is 1. The molecule has 0 spiro atoms. The minimum atomic E-state index is -0.609. The van der Waals surface area contributed by atoms with E-state index in [-0.39, 0.29) is 0 Å². The van der Waals surface area contributed by atoms with Gasteiger partial charge in [-0.2, -0.15) is 0 Å². The van der Waals surface area contributed by atoms with E-state index in [0.29, 0.717) is 30.3 Å². The molecule has 0 bridgehead atoms. The van der Waals surface area contributed by atoms with Crippen LogP contribution >= 0.6 is 0 Å². The third kappa shape index (κ3) is 4.15. The van der Waals surface area contributed by atoms with Crippen LogP contribution in [0.2, 0.25) is 0 Å². The molecule has 23 heavy (non-hydrogen) atoms. The number of nitrogens with zero attached hydrogens (tertiary/aromatic N) is 1. The van der Waals surface area contributed by atoms with Crippen molar-refractivity contribution in [1.82, 2.24) is 4.90 Å². The molecule has 1 saturated heterocycles. The summed E-state index contributed by atoms with van der Waals surface area (Å²) >= 11 is 0. The maximum absolute atomic E-state index is 12.3. The van der Waals surface area contributed by atoms with Crippen LogP contribution in [0.4, 0.5) is 5.69 Å². The number of ether oxygens (including phenoxy) is 2. The molecule has 1 aromatic rings. The molecule has 1 aliphatic heterocycles. The van der Waals surface area contributed by atoms with E-state index in [9.17, 15) is 9.59 Å². The topological polar surface area (TPSA) is 67.9 Å². The van der Waals surface area contributed by atoms with E-state index in [1.807, 2.05) is 6.92 Å². The first-order valence-corrected chi connectivity index (χ1v) is 7.89. The predicted octanol–water partition coefficient (Wildman–Crippen LogP) is 2.35. The summed E-state index contributed by atoms with van der Waals surface area (Å²) in [5.41, 5.74) is 1.36. The Bertz CT molecular complexity index is 578. The molecule has 2 amide bonds. The maximum Gasteiger partial charge on any atom is 0.313 e. The van der Waals surface area contributed by atoms with Crippen LogP contribution in [0.15, 0.2) is 12.1 Å². The van der Waals surface area contributed by atoms with Gasteiger partial charge in [0, 0.05) is 24.8 Å². The number of aryl methyl sites for hydroxylation is 1. The third-order valence-electron chi connectivity index (χ3n) is 4.07. The van der Waals surface area contributed by atoms with Crippen LogP contribution in [0.25, 0.3) is 0 Å². The van der Waals surface area contributed by atoms with E-state index in [4.69, 9.17) is 9.47 Å². The summed E-state index contributed by atoms with van der Waals surface area (Å²) in [6.45, 7) is 3.14. The summed E-state index contributed by atoms with van der Waals surface area (Å²) in [6.07, 6.45) is 4.13. The highest BCUT2D eigenvalue weighted by molar-refractivity contribution is 6.39. The first-order chi connectivity index (χ1) is 11.1. The van der Waals surface area contributed by atoms with E-state index in [1.54, 1.807) is 24.1 Å². The van der Waals surface area contributed by atoms with Gasteiger partial charge < -0.3 is 19.7 Å². The summed E-state index contributed by atoms with van der Waals surface area (Å²) in [7, 11) is 3.08. The van der Waals surface area contributed by atoms with E-state index in [2.05, 4.69) is 5.32 Å². The summed E-state index contributed by atoms with van der Waals surface area (Å²) in [4.78, 5) is 26.2. The van der Waals surface area contributed by atoms with E-state index >= 15 is 0 Å². The average Bonchev–Trinajstić information content (AvgIpc) is 2.84. The third-order valence-corrected chi connectivity index (χ3v) is 4.07. The molecule has 0 atom stereocenters. The quantitative estimate of drug-likeness (QED) is 0.868. The fourth-order valence-corrected chi connectivity index (χ4v) is 2.71. The van der Waals surface area contributed by atoms with Gasteiger partial charge in [0.05, 0.1) is 14.2 Å². The van der Waals surface area contributed by atoms with Crippen molar-refractivity contribution in [2.75, 3.05) is 32.6 Å². The number of benzene rings is 1. The van der Waals surface area contributed by atoms with Crippen molar-refractivity contribution in [3.05, 3.63) is 17.7 Å². The normalized spacial score (nSPS) is 14.8. The number of rotatable bonds is 3. The second-order valence-electron chi connectivity index (χ2n) is 5.68. The number of amides is 2. The van der Waals surface area contributed by atoms with Gasteiger partial charge in [-0.05, 0) is 31.4 Å². The van der Waals surface area contributed by atoms with Crippen molar-refractivity contribution in [2.24, 2.45) is 0 Å². The number of hydrogen-bond donors (Lipinski definition) is 1. The van der Waals surface area contributed by atoms with E-state index < -0.39 is 11.8 Å². The second-order valence-corrected chi connectivity index (χ2v) is 5.68. The standard InChI is InChI=1S/C17H24N2O4/c1-12-10-14(22-2)15(23-3)11-13(12)18-16(20)17(21)19-8-6-4-5-7-9-19/h10-11H,4-9H2,1-3H3,(H,18,20). The first kappa shape index (κ1) is 17.1. The minimum absolute atomic E-state index is 0.471. The molecule has 0 radical (unpaired) electrons. The van der Waals surface area contributed by atoms with Crippen LogP contribution in [0.5, 0.6) is 11.5 Å². The molecule has 0 saturated carbocycles. The molecule has 126 valence electrons. The van der Waals surface area contributed by atoms with Gasteiger partial charge >= 0.3 is 11.8 Å². The molecule has 0 aromatic heterocycles. The Labute approximate surface area is 136 Å². The molecule has 1 N–H and O–H groups in total. The largest absolute Gasteiger partial charge is 0.493 e. The first-order valence-electron chi connectivity index (χ1n) is 7.89. The Morgan fingerprint density at radius 2 is 1.57 bits per heavy atom. The van der Waals surface area contributed by atoms with Crippen molar-refractivity contribution < 1.29 is 19.1 Å². The van der Waals surface area contributed by atoms with Gasteiger partial charge in [0.1, 0.15) is 0 Å². The summed E-state index contributed by atoms with van der Waals surface area (Å²) < 4.78 is 10.5. The van der Waals surface area contributed by atoms with Crippen LogP contribution in [0.3, 0.4) is 0 Å². The van der Waals surface area contributed by atoms with Crippen LogP contribution in [0.1, 0.15) is 31.2 Å². The molecular weight excluding hydrogens is 296 g/mol. The molecule has 1 aromatic carbocycles. The Morgan fingerprint density at radius 1 is 1.00 bits per heavy atom. The number of likely N-dealkylation sites (tertiary alicyclic amines) is 1. The number of carbonyl (C=O) groups is 2. The molecule has 0 aliphatic carbocycles. The lowest BCUT2D eigenvalue weighted by Gasteiger charge is -2.20. The fourth-order valence-electron chi connectivity index (χ4n) is 2.71. The molecular formula is C17H24N2O4. The number of hydrogen-bond acceptors (Lipinski definition) is 4. The van der Waals surface area contributed by atoms with Crippen LogP contribution < -0.4 is 14.8 Å². The summed E-state index contributed by atoms with van der Waals surface area (Å²) in [5.74, 6) is 0.0146. The fraction of sp³-hybridized carbons (Fsp3) is 0.529. The van der Waals surface area contributed by atoms with Crippen LogP contribution in [0, 0.1) is 6.92 Å². The van der Waals surface area contributed by atoms with Gasteiger partial charge in [0.2, 0.25) is 0 Å². The van der Waals surface area contributed by atoms with E-state index in [0.717, 1.165) is 31.2 Å². The Balaban J connectivity index is 2.11. The second kappa shape index (κ2) is 7.85. The lowest BCUT2D eigenvalue weighted by molar-refractivity contribution is -0.143. The molecule has 6 heteroatoms. The van der Waals surface area contributed by atoms with Crippen molar-refractivity contribution in [3.8, 4) is 11.5 Å². The lowest BCUT2D eigenvalue weighted by atomic mass is 10.1. The molecule has 1 fully saturated rings. The number of methoxy groups -OCH3 is 2. The van der Waals surface area contributed by atoms with Gasteiger partial charge in [0.25, 0.3) is 0 Å². The monoisotopic (exact) mass is 320 g/mol. The SMILES string of the molecule is COc1cc(C)c(NC(=O)C(=O)N2CCCCCC2)cc1OC. The van der Waals surface area contributed by atoms with Crippen molar-refractivity contribution in [1.29, 1.82) is 0 Å². The van der Waals surface area contributed by atoms with Crippen LogP contribution in [-0.4, -0.2) is 44.0 Å². The summed E-state index contributed by atoms with van der Waals surface area (Å²) in [5, 5.41) is 2.69. The van der Waals surface area contributed by atoms with Crippen molar-refractivity contribution >= 4 is 17.5 Å². The van der Waals surface area contributed by atoms with Gasteiger partial charge in [0.15, 0.2) is 11.5 Å². The molecule has 1 heterocycles. The predicted molar refractivity (Wildman–Crippen MR) is 88.0 cm³/mol.